The summed E-state index contributed by atoms with van der Waals surface area (Å²) in [4.78, 5) is 10.4. The van der Waals surface area contributed by atoms with E-state index in [-0.39, 0.29) is 11.4 Å². The summed E-state index contributed by atoms with van der Waals surface area (Å²) in [5.74, 6) is -1.04. The molecule has 0 aliphatic heterocycles. The van der Waals surface area contributed by atoms with Crippen LogP contribution in [0.25, 0.3) is 0 Å². The SMILES string of the molecule is N=C([15NH2])c1ccc(C(=O)O)cc1. The fourth-order valence-corrected chi connectivity index (χ4v) is 0.792. The summed E-state index contributed by atoms with van der Waals surface area (Å²) >= 11 is 0. The number of aromatic carboxylic acids is 1. The second-order valence-corrected chi connectivity index (χ2v) is 2.30. The van der Waals surface area contributed by atoms with E-state index in [4.69, 9.17) is 16.2 Å². The van der Waals surface area contributed by atoms with E-state index in [0.29, 0.717) is 5.56 Å². The van der Waals surface area contributed by atoms with Crippen molar-refractivity contribution in [2.75, 3.05) is 0 Å². The van der Waals surface area contributed by atoms with Gasteiger partial charge in [-0.2, -0.15) is 0 Å². The van der Waals surface area contributed by atoms with Crippen LogP contribution in [0.15, 0.2) is 24.3 Å². The van der Waals surface area contributed by atoms with Gasteiger partial charge in [0.25, 0.3) is 0 Å². The summed E-state index contributed by atoms with van der Waals surface area (Å²) in [5, 5.41) is 15.6. The van der Waals surface area contributed by atoms with Crippen LogP contribution < -0.4 is 5.73 Å². The van der Waals surface area contributed by atoms with E-state index in [0.717, 1.165) is 0 Å². The van der Waals surface area contributed by atoms with Gasteiger partial charge in [0.2, 0.25) is 0 Å². The van der Waals surface area contributed by atoms with Crippen molar-refractivity contribution in [2.24, 2.45) is 5.73 Å². The summed E-state index contributed by atoms with van der Waals surface area (Å²) in [6.45, 7) is 0. The van der Waals surface area contributed by atoms with E-state index < -0.39 is 5.97 Å². The molecule has 0 aliphatic carbocycles. The molecule has 0 aliphatic rings. The smallest absolute Gasteiger partial charge is 0.335 e. The minimum atomic E-state index is -0.981. The first kappa shape index (κ1) is 8.26. The van der Waals surface area contributed by atoms with Gasteiger partial charge in [0.1, 0.15) is 5.84 Å². The van der Waals surface area contributed by atoms with Crippen molar-refractivity contribution in [2.45, 2.75) is 0 Å². The molecule has 0 fully saturated rings. The number of carbonyl (C=O) groups is 1. The number of nitrogens with two attached hydrogens (primary N) is 1. The van der Waals surface area contributed by atoms with Gasteiger partial charge < -0.3 is 10.8 Å². The van der Waals surface area contributed by atoms with E-state index in [2.05, 4.69) is 0 Å². The molecule has 0 saturated heterocycles. The van der Waals surface area contributed by atoms with Gasteiger partial charge in [-0.15, -0.1) is 0 Å². The van der Waals surface area contributed by atoms with E-state index in [1.807, 2.05) is 0 Å². The monoisotopic (exact) mass is 165 g/mol. The van der Waals surface area contributed by atoms with E-state index >= 15 is 0 Å². The Hall–Kier alpha value is -1.84. The standard InChI is InChI=1S/C8H8N2O2/c9-7(10)5-1-3-6(4-2-5)8(11)12/h1-4H,(H3,9,10)(H,11,12)/i9+1. The van der Waals surface area contributed by atoms with Crippen LogP contribution in [0.2, 0.25) is 0 Å². The molecule has 0 bridgehead atoms. The number of carboxylic acids is 1. The number of benzene rings is 1. The van der Waals surface area contributed by atoms with E-state index in [9.17, 15) is 4.79 Å². The fourth-order valence-electron chi connectivity index (χ4n) is 0.792. The van der Waals surface area contributed by atoms with Crippen molar-refractivity contribution in [3.05, 3.63) is 35.4 Å². The average Bonchev–Trinajstić information content (AvgIpc) is 2.04. The molecule has 1 aromatic rings. The summed E-state index contributed by atoms with van der Waals surface area (Å²) in [7, 11) is 0. The Bertz CT molecular complexity index is 283. The van der Waals surface area contributed by atoms with Crippen molar-refractivity contribution in [1.82, 2.24) is 0 Å². The lowest BCUT2D eigenvalue weighted by molar-refractivity contribution is 0.0697. The Labute approximate surface area is 69.1 Å². The number of hydrogen-bond acceptors (Lipinski definition) is 2. The zero-order valence-electron chi connectivity index (χ0n) is 6.24. The van der Waals surface area contributed by atoms with Crippen molar-refractivity contribution in [1.29, 1.82) is 5.41 Å². The second kappa shape index (κ2) is 3.04. The Morgan fingerprint density at radius 1 is 1.25 bits per heavy atom. The van der Waals surface area contributed by atoms with Gasteiger partial charge in [-0.3, -0.25) is 5.41 Å². The number of nitrogens with one attached hydrogen (secondary N) is 1. The Morgan fingerprint density at radius 3 is 2.00 bits per heavy atom. The molecule has 0 aromatic heterocycles. The van der Waals surface area contributed by atoms with Crippen LogP contribution in [-0.4, -0.2) is 16.9 Å². The van der Waals surface area contributed by atoms with Crippen LogP contribution in [-0.2, 0) is 0 Å². The summed E-state index contributed by atoms with van der Waals surface area (Å²) in [5.41, 5.74) is 5.90. The topological polar surface area (TPSA) is 87.2 Å². The molecule has 0 atom stereocenters. The second-order valence-electron chi connectivity index (χ2n) is 2.30. The minimum absolute atomic E-state index is 0.0630. The van der Waals surface area contributed by atoms with E-state index in [1.165, 1.54) is 24.3 Å². The molecule has 0 amide bonds. The van der Waals surface area contributed by atoms with Gasteiger partial charge in [-0.05, 0) is 12.1 Å². The van der Waals surface area contributed by atoms with Crippen molar-refractivity contribution >= 4 is 11.8 Å². The number of amidine groups is 1. The lowest BCUT2D eigenvalue weighted by Crippen LogP contribution is -2.11. The summed E-state index contributed by atoms with van der Waals surface area (Å²) < 4.78 is 0. The molecule has 62 valence electrons. The first-order chi connectivity index (χ1) is 5.61. The highest BCUT2D eigenvalue weighted by Gasteiger charge is 2.01. The number of nitrogen functional groups attached to an aromatic ring is 1. The van der Waals surface area contributed by atoms with E-state index in [1.54, 1.807) is 0 Å². The fraction of sp³-hybridized carbons (Fsp3) is 0. The zero-order valence-corrected chi connectivity index (χ0v) is 6.24. The Morgan fingerprint density at radius 2 is 1.67 bits per heavy atom. The van der Waals surface area contributed by atoms with Crippen LogP contribution in [0.3, 0.4) is 0 Å². The molecule has 0 spiro atoms. The molecule has 0 unspecified atom stereocenters. The normalized spacial score (nSPS) is 9.33. The predicted octanol–water partition coefficient (Wildman–Crippen LogP) is 0.669. The van der Waals surface area contributed by atoms with Gasteiger partial charge in [-0.25, -0.2) is 4.79 Å². The van der Waals surface area contributed by atoms with Crippen LogP contribution in [0.5, 0.6) is 0 Å². The van der Waals surface area contributed by atoms with Crippen LogP contribution in [0.1, 0.15) is 15.9 Å². The molecular weight excluding hydrogens is 157 g/mol. The van der Waals surface area contributed by atoms with Crippen molar-refractivity contribution < 1.29 is 9.90 Å². The van der Waals surface area contributed by atoms with Crippen molar-refractivity contribution in [3.8, 4) is 0 Å². The van der Waals surface area contributed by atoms with Crippen molar-refractivity contribution in [3.63, 3.8) is 0 Å². The molecule has 1 rings (SSSR count). The number of hydrogen-bond donors (Lipinski definition) is 3. The number of rotatable bonds is 2. The first-order valence-corrected chi connectivity index (χ1v) is 3.29. The largest absolute Gasteiger partial charge is 0.478 e. The highest BCUT2D eigenvalue weighted by molar-refractivity contribution is 5.96. The highest BCUT2D eigenvalue weighted by atomic mass is 16.4. The third-order valence-electron chi connectivity index (χ3n) is 1.44. The minimum Gasteiger partial charge on any atom is -0.478 e. The predicted molar refractivity (Wildman–Crippen MR) is 44.4 cm³/mol. The maximum atomic E-state index is 10.4. The molecule has 0 heterocycles. The molecule has 1 aromatic carbocycles. The average molecular weight is 165 g/mol. The molecule has 4 nitrogen and oxygen atoms in total. The lowest BCUT2D eigenvalue weighted by Gasteiger charge is -1.97. The van der Waals surface area contributed by atoms with Gasteiger partial charge in [-0.1, -0.05) is 12.1 Å². The van der Waals surface area contributed by atoms with Gasteiger partial charge in [0.15, 0.2) is 0 Å². The third kappa shape index (κ3) is 1.60. The molecule has 0 saturated carbocycles. The van der Waals surface area contributed by atoms with Crippen LogP contribution in [0.4, 0.5) is 0 Å². The maximum Gasteiger partial charge on any atom is 0.335 e. The third-order valence-corrected chi connectivity index (χ3v) is 1.44. The van der Waals surface area contributed by atoms with Gasteiger partial charge in [0.05, 0.1) is 5.56 Å². The summed E-state index contributed by atoms with van der Waals surface area (Å²) in [6, 6.07) is 5.84. The maximum absolute atomic E-state index is 10.4. The molecule has 4 heteroatoms. The molecule has 4 N–H and O–H groups in total. The Balaban J connectivity index is 3.01. The Kier molecular flexibility index (Phi) is 2.09. The van der Waals surface area contributed by atoms with Crippen LogP contribution in [0, 0.1) is 5.41 Å². The van der Waals surface area contributed by atoms with Gasteiger partial charge >= 0.3 is 5.97 Å². The van der Waals surface area contributed by atoms with Crippen LogP contribution >= 0.6 is 0 Å². The van der Waals surface area contributed by atoms with Gasteiger partial charge in [0, 0.05) is 5.56 Å². The number of carboxylic acid groups (broad SMARTS) is 1. The first-order valence-electron chi connectivity index (χ1n) is 3.29. The highest BCUT2D eigenvalue weighted by Crippen LogP contribution is 2.03. The summed E-state index contributed by atoms with van der Waals surface area (Å²) in [6.07, 6.45) is 0. The molecular formula is C8H8N2O2. The molecule has 12 heavy (non-hydrogen) atoms. The molecule has 0 radical (unpaired) electrons. The lowest BCUT2D eigenvalue weighted by atomic mass is 10.1. The quantitative estimate of drug-likeness (QED) is 0.342. The zero-order chi connectivity index (χ0) is 9.14.